The summed E-state index contributed by atoms with van der Waals surface area (Å²) >= 11 is 3.41. The van der Waals surface area contributed by atoms with Crippen molar-refractivity contribution >= 4 is 15.9 Å². The molecule has 0 unspecified atom stereocenters. The quantitative estimate of drug-likeness (QED) is 0.704. The lowest BCUT2D eigenvalue weighted by atomic mass is 10.1. The average molecular weight is 372 g/mol. The maximum atomic E-state index is 5.50. The molecule has 0 radical (unpaired) electrons. The summed E-state index contributed by atoms with van der Waals surface area (Å²) in [4.78, 5) is 19.5. The third-order valence-electron chi connectivity index (χ3n) is 3.83. The van der Waals surface area contributed by atoms with Crippen molar-refractivity contribution in [3.8, 4) is 11.4 Å². The molecule has 0 aliphatic carbocycles. The Bertz CT molecular complexity index is 820. The Kier molecular flexibility index (Phi) is 3.88. The van der Waals surface area contributed by atoms with E-state index in [2.05, 4.69) is 40.8 Å². The highest BCUT2D eigenvalue weighted by molar-refractivity contribution is 9.10. The van der Waals surface area contributed by atoms with Crippen LogP contribution in [0.1, 0.15) is 17.0 Å². The zero-order valence-electron chi connectivity index (χ0n) is 12.3. The third-order valence-corrected chi connectivity index (χ3v) is 4.25. The maximum Gasteiger partial charge on any atom is 0.162 e. The molecule has 6 nitrogen and oxygen atoms in total. The molecule has 4 heterocycles. The lowest BCUT2D eigenvalue weighted by molar-refractivity contribution is 0.223. The Morgan fingerprint density at radius 2 is 2.09 bits per heavy atom. The van der Waals surface area contributed by atoms with Gasteiger partial charge in [0, 0.05) is 43.7 Å². The van der Waals surface area contributed by atoms with Crippen molar-refractivity contribution in [3.05, 3.63) is 58.7 Å². The van der Waals surface area contributed by atoms with Gasteiger partial charge in [-0.2, -0.15) is 0 Å². The van der Waals surface area contributed by atoms with Gasteiger partial charge in [-0.3, -0.25) is 4.90 Å². The second kappa shape index (κ2) is 6.17. The number of aromatic nitrogens is 4. The van der Waals surface area contributed by atoms with Crippen LogP contribution in [0.2, 0.25) is 0 Å². The van der Waals surface area contributed by atoms with E-state index in [9.17, 15) is 0 Å². The number of hydrogen-bond acceptors (Lipinski definition) is 6. The highest BCUT2D eigenvalue weighted by Crippen LogP contribution is 2.22. The maximum absolute atomic E-state index is 5.50. The van der Waals surface area contributed by atoms with Crippen LogP contribution in [0, 0.1) is 0 Å². The first-order chi connectivity index (χ1) is 11.3. The van der Waals surface area contributed by atoms with Crippen LogP contribution < -0.4 is 0 Å². The minimum Gasteiger partial charge on any atom is -0.467 e. The molecule has 3 aromatic heterocycles. The molecule has 0 saturated heterocycles. The number of rotatable bonds is 3. The van der Waals surface area contributed by atoms with Crippen LogP contribution in [0.4, 0.5) is 0 Å². The van der Waals surface area contributed by atoms with Crippen molar-refractivity contribution in [3.63, 3.8) is 0 Å². The fourth-order valence-electron chi connectivity index (χ4n) is 2.72. The SMILES string of the molecule is Brc1coc(CN2CCc3nc(-c4cncnc4)ncc3C2)c1. The van der Waals surface area contributed by atoms with Crippen LogP contribution in [0.3, 0.4) is 0 Å². The van der Waals surface area contributed by atoms with E-state index < -0.39 is 0 Å². The normalized spacial score (nSPS) is 14.7. The molecular weight excluding hydrogens is 358 g/mol. The molecule has 0 atom stereocenters. The topological polar surface area (TPSA) is 67.9 Å². The zero-order valence-corrected chi connectivity index (χ0v) is 13.9. The summed E-state index contributed by atoms with van der Waals surface area (Å²) in [6, 6.07) is 2.00. The molecule has 0 fully saturated rings. The van der Waals surface area contributed by atoms with E-state index in [1.807, 2.05) is 12.3 Å². The molecule has 4 rings (SSSR count). The molecule has 7 heteroatoms. The van der Waals surface area contributed by atoms with Gasteiger partial charge in [-0.15, -0.1) is 0 Å². The van der Waals surface area contributed by atoms with Crippen molar-refractivity contribution in [1.29, 1.82) is 0 Å². The minimum absolute atomic E-state index is 0.688. The van der Waals surface area contributed by atoms with E-state index in [1.54, 1.807) is 18.7 Å². The molecular formula is C16H14BrN5O. The smallest absolute Gasteiger partial charge is 0.162 e. The molecule has 3 aromatic rings. The predicted octanol–water partition coefficient (Wildman–Crippen LogP) is 2.85. The number of furan rings is 1. The van der Waals surface area contributed by atoms with E-state index in [1.165, 1.54) is 11.9 Å². The fraction of sp³-hybridized carbons (Fsp3) is 0.250. The summed E-state index contributed by atoms with van der Waals surface area (Å²) in [5.41, 5.74) is 3.12. The van der Waals surface area contributed by atoms with Gasteiger partial charge in [-0.1, -0.05) is 0 Å². The number of fused-ring (bicyclic) bond motifs is 1. The standard InChI is InChI=1S/C16H14BrN5O/c17-13-3-14(23-9-13)8-22-2-1-15-12(7-22)6-20-16(21-15)11-4-18-10-19-5-11/h3-6,9-10H,1-2,7-8H2. The van der Waals surface area contributed by atoms with Crippen LogP contribution in [-0.4, -0.2) is 31.4 Å². The van der Waals surface area contributed by atoms with E-state index in [0.717, 1.165) is 47.5 Å². The van der Waals surface area contributed by atoms with E-state index in [-0.39, 0.29) is 0 Å². The summed E-state index contributed by atoms with van der Waals surface area (Å²) in [6.45, 7) is 2.58. The number of nitrogens with zero attached hydrogens (tertiary/aromatic N) is 5. The number of hydrogen-bond donors (Lipinski definition) is 0. The lowest BCUT2D eigenvalue weighted by Crippen LogP contribution is -2.30. The van der Waals surface area contributed by atoms with Crippen LogP contribution in [0.15, 0.2) is 46.1 Å². The summed E-state index contributed by atoms with van der Waals surface area (Å²) in [5, 5.41) is 0. The van der Waals surface area contributed by atoms with Gasteiger partial charge in [0.15, 0.2) is 5.82 Å². The van der Waals surface area contributed by atoms with Gasteiger partial charge in [0.2, 0.25) is 0 Å². The molecule has 0 saturated carbocycles. The molecule has 23 heavy (non-hydrogen) atoms. The highest BCUT2D eigenvalue weighted by Gasteiger charge is 2.20. The Labute approximate surface area is 141 Å². The van der Waals surface area contributed by atoms with Gasteiger partial charge in [-0.05, 0) is 22.0 Å². The Balaban J connectivity index is 1.52. The molecule has 116 valence electrons. The third kappa shape index (κ3) is 3.16. The van der Waals surface area contributed by atoms with E-state index in [4.69, 9.17) is 4.42 Å². The minimum atomic E-state index is 0.688. The summed E-state index contributed by atoms with van der Waals surface area (Å²) in [6.07, 6.45) is 9.50. The van der Waals surface area contributed by atoms with Gasteiger partial charge in [-0.25, -0.2) is 19.9 Å². The predicted molar refractivity (Wildman–Crippen MR) is 87.3 cm³/mol. The van der Waals surface area contributed by atoms with Crippen molar-refractivity contribution in [1.82, 2.24) is 24.8 Å². The largest absolute Gasteiger partial charge is 0.467 e. The Morgan fingerprint density at radius 3 is 2.87 bits per heavy atom. The summed E-state index contributed by atoms with van der Waals surface area (Å²) in [5.74, 6) is 1.65. The number of halogens is 1. The van der Waals surface area contributed by atoms with Gasteiger partial charge in [0.05, 0.1) is 22.3 Å². The van der Waals surface area contributed by atoms with Crippen molar-refractivity contribution in [2.24, 2.45) is 0 Å². The molecule has 0 aromatic carbocycles. The van der Waals surface area contributed by atoms with Crippen molar-refractivity contribution < 1.29 is 4.42 Å². The van der Waals surface area contributed by atoms with Crippen LogP contribution >= 0.6 is 15.9 Å². The monoisotopic (exact) mass is 371 g/mol. The molecule has 0 bridgehead atoms. The van der Waals surface area contributed by atoms with Crippen LogP contribution in [0.25, 0.3) is 11.4 Å². The first-order valence-electron chi connectivity index (χ1n) is 7.33. The second-order valence-electron chi connectivity index (χ2n) is 5.48. The summed E-state index contributed by atoms with van der Waals surface area (Å²) < 4.78 is 6.47. The van der Waals surface area contributed by atoms with Gasteiger partial charge in [0.1, 0.15) is 18.4 Å². The molecule has 1 aliphatic rings. The van der Waals surface area contributed by atoms with Crippen molar-refractivity contribution in [2.45, 2.75) is 19.5 Å². The van der Waals surface area contributed by atoms with Gasteiger partial charge < -0.3 is 4.42 Å². The second-order valence-corrected chi connectivity index (χ2v) is 6.40. The molecule has 1 aliphatic heterocycles. The summed E-state index contributed by atoms with van der Waals surface area (Å²) in [7, 11) is 0. The average Bonchev–Trinajstić information content (AvgIpc) is 3.00. The van der Waals surface area contributed by atoms with Crippen molar-refractivity contribution in [2.75, 3.05) is 6.54 Å². The van der Waals surface area contributed by atoms with E-state index >= 15 is 0 Å². The molecule has 0 N–H and O–H groups in total. The molecule has 0 amide bonds. The first kappa shape index (κ1) is 14.5. The fourth-order valence-corrected chi connectivity index (χ4v) is 3.07. The zero-order chi connectivity index (χ0) is 15.6. The van der Waals surface area contributed by atoms with Crippen LogP contribution in [0.5, 0.6) is 0 Å². The Hall–Kier alpha value is -2.12. The van der Waals surface area contributed by atoms with E-state index in [0.29, 0.717) is 5.82 Å². The molecule has 0 spiro atoms. The Morgan fingerprint density at radius 1 is 1.22 bits per heavy atom. The lowest BCUT2D eigenvalue weighted by Gasteiger charge is -2.27. The first-order valence-corrected chi connectivity index (χ1v) is 8.13. The van der Waals surface area contributed by atoms with Crippen LogP contribution in [-0.2, 0) is 19.5 Å². The van der Waals surface area contributed by atoms with Gasteiger partial charge >= 0.3 is 0 Å². The van der Waals surface area contributed by atoms with Gasteiger partial charge in [0.25, 0.3) is 0 Å². The highest BCUT2D eigenvalue weighted by atomic mass is 79.9.